The van der Waals surface area contributed by atoms with Crippen LogP contribution in [-0.2, 0) is 23.8 Å². The lowest BCUT2D eigenvalue weighted by Gasteiger charge is -2.35. The summed E-state index contributed by atoms with van der Waals surface area (Å²) in [6.45, 7) is 8.91. The number of nitrogens with zero attached hydrogens (tertiary/aromatic N) is 1. The second-order valence-corrected chi connectivity index (χ2v) is 5.95. The monoisotopic (exact) mass is 285 g/mol. The fourth-order valence-corrected chi connectivity index (χ4v) is 3.22. The molecule has 0 spiro atoms. The predicted molar refractivity (Wildman–Crippen MR) is 71.3 cm³/mol. The molecule has 0 aromatic rings. The first kappa shape index (κ1) is 14.3. The molecule has 5 atom stereocenters. The predicted octanol–water partition coefficient (Wildman–Crippen LogP) is 1.68. The lowest BCUT2D eigenvalue weighted by Crippen LogP contribution is -2.51. The third kappa shape index (κ3) is 2.57. The Morgan fingerprint density at radius 1 is 1.35 bits per heavy atom. The highest BCUT2D eigenvalue weighted by Gasteiger charge is 2.55. The van der Waals surface area contributed by atoms with E-state index in [0.29, 0.717) is 19.6 Å². The van der Waals surface area contributed by atoms with Crippen molar-refractivity contribution in [2.75, 3.05) is 13.2 Å². The van der Waals surface area contributed by atoms with Crippen molar-refractivity contribution in [1.82, 2.24) is 0 Å². The molecule has 3 rings (SSSR count). The summed E-state index contributed by atoms with van der Waals surface area (Å²) in [5.41, 5.74) is 1.02. The van der Waals surface area contributed by atoms with E-state index in [9.17, 15) is 0 Å². The van der Waals surface area contributed by atoms with Crippen LogP contribution < -0.4 is 0 Å². The zero-order valence-corrected chi connectivity index (χ0v) is 12.5. The van der Waals surface area contributed by atoms with Gasteiger partial charge in [0.15, 0.2) is 12.1 Å². The van der Waals surface area contributed by atoms with E-state index < -0.39 is 5.79 Å². The van der Waals surface area contributed by atoms with Gasteiger partial charge in [0.2, 0.25) is 0 Å². The molecule has 3 aliphatic rings. The van der Waals surface area contributed by atoms with E-state index >= 15 is 0 Å². The number of rotatable bonds is 4. The Bertz CT molecular complexity index is 397. The maximum absolute atomic E-state index is 6.04. The Kier molecular flexibility index (Phi) is 3.75. The largest absolute Gasteiger partial charge is 0.395 e. The van der Waals surface area contributed by atoms with E-state index in [1.54, 1.807) is 0 Å². The molecule has 2 aliphatic heterocycles. The van der Waals surface area contributed by atoms with Gasteiger partial charge in [-0.3, -0.25) is 0 Å². The molecule has 0 radical (unpaired) electrons. The summed E-state index contributed by atoms with van der Waals surface area (Å²) in [7, 11) is 0. The molecule has 1 saturated heterocycles. The molecule has 5 unspecified atom stereocenters. The van der Waals surface area contributed by atoms with Gasteiger partial charge in [-0.05, 0) is 27.7 Å². The summed E-state index contributed by atoms with van der Waals surface area (Å²) >= 11 is 0. The Labute approximate surface area is 119 Å². The van der Waals surface area contributed by atoms with E-state index in [1.807, 2.05) is 27.7 Å². The maximum atomic E-state index is 6.04. The first-order valence-corrected chi connectivity index (χ1v) is 7.31. The van der Waals surface area contributed by atoms with Crippen LogP contribution in [0.1, 0.15) is 34.1 Å². The Morgan fingerprint density at radius 2 is 2.10 bits per heavy atom. The summed E-state index contributed by atoms with van der Waals surface area (Å²) in [4.78, 5) is 5.23. The minimum absolute atomic E-state index is 0.0566. The van der Waals surface area contributed by atoms with Crippen molar-refractivity contribution in [2.24, 2.45) is 11.1 Å². The highest BCUT2D eigenvalue weighted by Crippen LogP contribution is 2.41. The van der Waals surface area contributed by atoms with Gasteiger partial charge in [0.25, 0.3) is 0 Å². The fourth-order valence-electron chi connectivity index (χ4n) is 3.22. The Morgan fingerprint density at radius 3 is 2.85 bits per heavy atom. The van der Waals surface area contributed by atoms with Crippen LogP contribution in [-0.4, -0.2) is 49.3 Å². The SMILES string of the molecule is CCOC(C)OC1CC2=NOCC2C2OC(C)(C)OC12. The minimum atomic E-state index is -0.593. The lowest BCUT2D eigenvalue weighted by molar-refractivity contribution is -0.199. The summed E-state index contributed by atoms with van der Waals surface area (Å²) in [5.74, 6) is -0.409. The third-order valence-corrected chi connectivity index (χ3v) is 3.97. The molecule has 20 heavy (non-hydrogen) atoms. The van der Waals surface area contributed by atoms with Crippen LogP contribution in [0, 0.1) is 5.92 Å². The molecule has 6 nitrogen and oxygen atoms in total. The maximum Gasteiger partial charge on any atom is 0.163 e. The second kappa shape index (κ2) is 5.26. The molecule has 1 aliphatic carbocycles. The number of oxime groups is 1. The standard InChI is InChI=1S/C14H23NO5/c1-5-16-8(2)18-11-6-10-9(7-17-15-10)12-13(11)20-14(3,4)19-12/h8-9,11-13H,5-7H2,1-4H3. The van der Waals surface area contributed by atoms with Crippen LogP contribution >= 0.6 is 0 Å². The molecule has 0 amide bonds. The van der Waals surface area contributed by atoms with Gasteiger partial charge in [-0.15, -0.1) is 0 Å². The molecule has 0 N–H and O–H groups in total. The fraction of sp³-hybridized carbons (Fsp3) is 0.929. The third-order valence-electron chi connectivity index (χ3n) is 3.97. The van der Waals surface area contributed by atoms with Gasteiger partial charge in [0, 0.05) is 13.0 Å². The molecule has 0 aromatic heterocycles. The zero-order chi connectivity index (χ0) is 14.3. The quantitative estimate of drug-likeness (QED) is 0.736. The van der Waals surface area contributed by atoms with Gasteiger partial charge in [0.1, 0.15) is 18.8 Å². The van der Waals surface area contributed by atoms with Crippen molar-refractivity contribution < 1.29 is 23.8 Å². The van der Waals surface area contributed by atoms with Gasteiger partial charge in [0.05, 0.1) is 17.7 Å². The zero-order valence-electron chi connectivity index (χ0n) is 12.5. The molecule has 2 heterocycles. The molecule has 6 heteroatoms. The van der Waals surface area contributed by atoms with Crippen LogP contribution in [0.5, 0.6) is 0 Å². The molecule has 0 bridgehead atoms. The van der Waals surface area contributed by atoms with Gasteiger partial charge < -0.3 is 23.8 Å². The topological polar surface area (TPSA) is 58.5 Å². The highest BCUT2D eigenvalue weighted by atomic mass is 16.8. The number of hydrogen-bond donors (Lipinski definition) is 0. The molecular weight excluding hydrogens is 262 g/mol. The van der Waals surface area contributed by atoms with Crippen molar-refractivity contribution in [3.8, 4) is 0 Å². The van der Waals surface area contributed by atoms with Crippen molar-refractivity contribution in [3.05, 3.63) is 0 Å². The normalized spacial score (nSPS) is 39.7. The van der Waals surface area contributed by atoms with E-state index in [1.165, 1.54) is 0 Å². The number of fused-ring (bicyclic) bond motifs is 3. The van der Waals surface area contributed by atoms with Crippen molar-refractivity contribution in [2.45, 2.75) is 64.5 Å². The smallest absolute Gasteiger partial charge is 0.163 e. The molecule has 0 aromatic carbocycles. The minimum Gasteiger partial charge on any atom is -0.395 e. The summed E-state index contributed by atoms with van der Waals surface area (Å²) < 4.78 is 23.5. The highest BCUT2D eigenvalue weighted by molar-refractivity contribution is 5.89. The van der Waals surface area contributed by atoms with Crippen LogP contribution in [0.15, 0.2) is 5.16 Å². The molecule has 2 fully saturated rings. The van der Waals surface area contributed by atoms with E-state index in [0.717, 1.165) is 5.71 Å². The Balaban J connectivity index is 1.76. The average molecular weight is 285 g/mol. The van der Waals surface area contributed by atoms with Crippen molar-refractivity contribution in [3.63, 3.8) is 0 Å². The first-order valence-electron chi connectivity index (χ1n) is 7.31. The van der Waals surface area contributed by atoms with Gasteiger partial charge in [-0.25, -0.2) is 0 Å². The molecular formula is C14H23NO5. The van der Waals surface area contributed by atoms with E-state index in [-0.39, 0.29) is 30.5 Å². The van der Waals surface area contributed by atoms with Crippen LogP contribution in [0.2, 0.25) is 0 Å². The first-order chi connectivity index (χ1) is 9.50. The molecule has 1 saturated carbocycles. The average Bonchev–Trinajstić information content (AvgIpc) is 2.92. The van der Waals surface area contributed by atoms with Crippen molar-refractivity contribution >= 4 is 5.71 Å². The number of hydrogen-bond acceptors (Lipinski definition) is 6. The van der Waals surface area contributed by atoms with Crippen molar-refractivity contribution in [1.29, 1.82) is 0 Å². The van der Waals surface area contributed by atoms with Gasteiger partial charge >= 0.3 is 0 Å². The Hall–Kier alpha value is -0.690. The van der Waals surface area contributed by atoms with Gasteiger partial charge in [-0.1, -0.05) is 5.16 Å². The lowest BCUT2D eigenvalue weighted by atomic mass is 9.82. The number of ether oxygens (including phenoxy) is 4. The molecule has 114 valence electrons. The summed E-state index contributed by atoms with van der Waals surface area (Å²) in [6.07, 6.45) is 0.178. The van der Waals surface area contributed by atoms with Crippen LogP contribution in [0.25, 0.3) is 0 Å². The van der Waals surface area contributed by atoms with Crippen LogP contribution in [0.3, 0.4) is 0 Å². The van der Waals surface area contributed by atoms with Crippen LogP contribution in [0.4, 0.5) is 0 Å². The summed E-state index contributed by atoms with van der Waals surface area (Å²) in [5, 5.41) is 4.13. The van der Waals surface area contributed by atoms with E-state index in [4.69, 9.17) is 23.8 Å². The van der Waals surface area contributed by atoms with Gasteiger partial charge in [-0.2, -0.15) is 0 Å². The second-order valence-electron chi connectivity index (χ2n) is 5.95. The summed E-state index contributed by atoms with van der Waals surface area (Å²) in [6, 6.07) is 0. The van der Waals surface area contributed by atoms with E-state index in [2.05, 4.69) is 5.16 Å².